The summed E-state index contributed by atoms with van der Waals surface area (Å²) >= 11 is 22.6. The number of aliphatic hydroxyl groups is 4. The maximum atomic E-state index is 14.2. The van der Waals surface area contributed by atoms with Crippen LogP contribution in [0.4, 0.5) is 56.1 Å². The normalized spacial score (nSPS) is 19.4. The number of benzene rings is 5. The molecule has 5 aromatic carbocycles. The van der Waals surface area contributed by atoms with Crippen molar-refractivity contribution in [2.75, 3.05) is 57.9 Å². The standard InChI is InChI=1S/C18H23ClF2N2O4.C16H14N4O3.2C13H15ClF2N2O2.C10H16FNO4.C8H9ClFNO.2ClH/c1-18(2,3)27-17(26)23-8-10(20)7-14(23)16(25)22-13(9-24)11-5-4-6-12(19)15(11)21;1-10(21)14-7-20(8-16(22)23)15-3-2-11(4-13(14)15)19-12-5-17-9-18-6-12;2*14-9-3-1-2-8(12(9)16)11(6-19)18-13(20)10-4-7(15)5-17-10;1-10(2,3)16-9(15)12-5-6(11)4-7(12)8(13)14;9-6-3-1-2-5(8(6)10)7(11)4-12;;/h4-6,10,13-14,24H,7-9H2,1-3H3,(H,22,25);2-7,9,19H,8H2,1H3,(H,22,23);2*1-3,7,10-11,17,19H,4-6H2,(H,18,20);6-7H,4-5H2,1-3H3,(H,13,14);1-3,7,12H,4,11H2;2*1H/t10-,13+,14+;;2*7-,10+,11+;6-,7+;7-;;/m1.1110../s1. The number of carbonyl (C=O) groups excluding carboxylic acids is 6. The lowest BCUT2D eigenvalue weighted by Crippen LogP contribution is -2.48. The molecule has 120 heavy (non-hydrogen) atoms. The van der Waals surface area contributed by atoms with E-state index in [1.807, 2.05) is 12.1 Å². The van der Waals surface area contributed by atoms with Crippen LogP contribution < -0.4 is 37.6 Å². The van der Waals surface area contributed by atoms with Gasteiger partial charge in [0.25, 0.3) is 0 Å². The first-order valence-corrected chi connectivity index (χ1v) is 38.0. The number of alkyl halides is 4. The van der Waals surface area contributed by atoms with Crippen LogP contribution in [0.1, 0.15) is 131 Å². The molecule has 2 aromatic heterocycles. The number of nitrogens with zero attached hydrogens (tertiary/aromatic N) is 5. The van der Waals surface area contributed by atoms with Crippen LogP contribution in [0.15, 0.2) is 116 Å². The summed E-state index contributed by atoms with van der Waals surface area (Å²) in [5.41, 5.74) is 7.02. The number of anilines is 2. The molecule has 0 spiro atoms. The predicted molar refractivity (Wildman–Crippen MR) is 436 cm³/mol. The molecule has 4 saturated heterocycles. The number of ketones is 1. The molecular weight excluding hydrogens is 1730 g/mol. The summed E-state index contributed by atoms with van der Waals surface area (Å²) < 4.78 is 120. The highest BCUT2D eigenvalue weighted by atomic mass is 35.5. The molecule has 0 bridgehead atoms. The Morgan fingerprint density at radius 1 is 0.542 bits per heavy atom. The molecule has 0 saturated carbocycles. The molecule has 0 unspecified atom stereocenters. The smallest absolute Gasteiger partial charge is 0.411 e. The molecule has 11 rings (SSSR count). The lowest BCUT2D eigenvalue weighted by Gasteiger charge is -2.28. The maximum absolute atomic E-state index is 14.2. The first-order valence-electron chi connectivity index (χ1n) is 36.5. The fourth-order valence-electron chi connectivity index (χ4n) is 12.1. The van der Waals surface area contributed by atoms with Crippen molar-refractivity contribution in [1.82, 2.24) is 50.9 Å². The second-order valence-corrected chi connectivity index (χ2v) is 30.7. The number of carboxylic acid groups (broad SMARTS) is 2. The number of fused-ring (bicyclic) bond motifs is 1. The van der Waals surface area contributed by atoms with Crippen LogP contribution in [-0.2, 0) is 40.0 Å². The minimum absolute atomic E-state index is 0. The number of aliphatic hydroxyl groups excluding tert-OH is 4. The summed E-state index contributed by atoms with van der Waals surface area (Å²) in [6.45, 7) is 9.16. The number of likely N-dealkylation sites (tertiary alicyclic amines) is 2. The van der Waals surface area contributed by atoms with Crippen LogP contribution in [-0.4, -0.2) is 215 Å². The van der Waals surface area contributed by atoms with E-state index < -0.39 is 169 Å². The quantitative estimate of drug-likeness (QED) is 0.0249. The molecule has 0 radical (unpaired) electrons. The second-order valence-electron chi connectivity index (χ2n) is 29.1. The zero-order valence-corrected chi connectivity index (χ0v) is 70.2. The number of amides is 5. The molecule has 660 valence electrons. The first kappa shape index (κ1) is 103. The Hall–Kier alpha value is -9.02. The summed E-state index contributed by atoms with van der Waals surface area (Å²) in [7, 11) is 0. The summed E-state index contributed by atoms with van der Waals surface area (Å²) in [5.74, 6) is -6.61. The van der Waals surface area contributed by atoms with Crippen LogP contribution in [0.3, 0.4) is 0 Å². The van der Waals surface area contributed by atoms with E-state index in [9.17, 15) is 88.8 Å². The van der Waals surface area contributed by atoms with Gasteiger partial charge in [-0.15, -0.1) is 24.8 Å². The largest absolute Gasteiger partial charge is 0.480 e. The highest BCUT2D eigenvalue weighted by molar-refractivity contribution is 6.31. The summed E-state index contributed by atoms with van der Waals surface area (Å²) in [5, 5.41) is 71.2. The minimum atomic E-state index is -1.39. The van der Waals surface area contributed by atoms with Crippen LogP contribution in [0, 0.1) is 23.3 Å². The number of Topliss-reactive ketones (excluding diaryl/α,β-unsaturated/α-hetero) is 1. The van der Waals surface area contributed by atoms with Crippen LogP contribution in [0.5, 0.6) is 0 Å². The van der Waals surface area contributed by atoms with Crippen molar-refractivity contribution in [3.8, 4) is 0 Å². The fourth-order valence-corrected chi connectivity index (χ4v) is 12.8. The Morgan fingerprint density at radius 3 is 1.28 bits per heavy atom. The van der Waals surface area contributed by atoms with E-state index in [-0.39, 0.29) is 138 Å². The molecule has 4 aliphatic heterocycles. The highest BCUT2D eigenvalue weighted by Crippen LogP contribution is 2.32. The summed E-state index contributed by atoms with van der Waals surface area (Å²) in [6, 6.07) is 15.6. The Balaban J connectivity index is 0.000000306. The molecule has 5 amide bonds. The van der Waals surface area contributed by atoms with Crippen LogP contribution in [0.25, 0.3) is 10.9 Å². The van der Waals surface area contributed by atoms with Gasteiger partial charge in [-0.25, -0.2) is 59.5 Å². The average molecular weight is 1820 g/mol. The molecule has 6 heterocycles. The van der Waals surface area contributed by atoms with E-state index in [0.29, 0.717) is 16.5 Å². The lowest BCUT2D eigenvalue weighted by molar-refractivity contribution is -0.142. The highest BCUT2D eigenvalue weighted by Gasteiger charge is 2.44. The number of hydrogen-bond acceptors (Lipinski definition) is 20. The lowest BCUT2D eigenvalue weighted by atomic mass is 10.1. The number of carboxylic acids is 2. The van der Waals surface area contributed by atoms with Gasteiger partial charge in [-0.05, 0) is 90.9 Å². The monoisotopic (exact) mass is 1820 g/mol. The molecule has 42 heteroatoms. The number of ether oxygens (including phenoxy) is 2. The maximum Gasteiger partial charge on any atom is 0.411 e. The van der Waals surface area contributed by atoms with Gasteiger partial charge in [-0.3, -0.25) is 33.8 Å². The van der Waals surface area contributed by atoms with E-state index in [1.165, 1.54) is 80.0 Å². The van der Waals surface area contributed by atoms with Crippen molar-refractivity contribution in [3.05, 3.63) is 187 Å². The van der Waals surface area contributed by atoms with Gasteiger partial charge in [0.05, 0.1) is 114 Å². The van der Waals surface area contributed by atoms with Gasteiger partial charge in [0.2, 0.25) is 17.7 Å². The van der Waals surface area contributed by atoms with Crippen molar-refractivity contribution in [2.45, 2.75) is 165 Å². The van der Waals surface area contributed by atoms with Crippen molar-refractivity contribution in [3.63, 3.8) is 0 Å². The first-order chi connectivity index (χ1) is 55.5. The Bertz CT molecular complexity index is 4520. The number of nitrogens with two attached hydrogens (primary N) is 1. The number of halogens is 14. The molecule has 12 atom stereocenters. The molecule has 4 aliphatic rings. The second kappa shape index (κ2) is 48.0. The third kappa shape index (κ3) is 30.5. The van der Waals surface area contributed by atoms with Gasteiger partial charge in [-0.1, -0.05) is 94.9 Å². The Kier molecular flexibility index (Phi) is 41.3. The SMILES string of the molecule is CC(=O)c1cn(CC(=O)O)c2ccc(Nc3cncnc3)cc12.CC(C)(C)OC(=O)N1C[C@H](F)C[C@H]1C(=O)N[C@@H](CO)c1cccc(Cl)c1F.CC(C)(C)OC(=O)N1C[C@H](F)C[C@H]1C(=O)O.Cl.Cl.N[C@@H](CO)c1cccc(Cl)c1F.O=C(N[C@@H](CO)c1cccc(Cl)c1F)[C@@H]1C[C@@H](F)CN1.O=C(N[C@@H](CO)c1cccc(Cl)c1F)[C@@H]1C[C@@H](F)CN1. The molecular formula is C78H94Cl6F8N12O16. The third-order valence-corrected chi connectivity index (χ3v) is 18.9. The number of aromatic nitrogens is 3. The molecule has 4 fully saturated rings. The van der Waals surface area contributed by atoms with Gasteiger partial charge in [-0.2, -0.15) is 0 Å². The van der Waals surface area contributed by atoms with Crippen molar-refractivity contribution < 1.29 is 114 Å². The van der Waals surface area contributed by atoms with Gasteiger partial charge in [0, 0.05) is 89.4 Å². The van der Waals surface area contributed by atoms with E-state index in [0.717, 1.165) is 21.2 Å². The van der Waals surface area contributed by atoms with Gasteiger partial charge >= 0.3 is 24.1 Å². The number of carbonyl (C=O) groups is 8. The molecule has 28 nitrogen and oxygen atoms in total. The third-order valence-electron chi connectivity index (χ3n) is 17.7. The fraction of sp³-hybridized carbons (Fsp3) is 0.436. The zero-order chi connectivity index (χ0) is 87.8. The number of aliphatic carboxylic acids is 2. The Morgan fingerprint density at radius 2 is 0.925 bits per heavy atom. The average Bonchev–Trinajstić information content (AvgIpc) is 1.62. The zero-order valence-electron chi connectivity index (χ0n) is 65.5. The van der Waals surface area contributed by atoms with Crippen molar-refractivity contribution in [1.29, 1.82) is 0 Å². The number of rotatable bonds is 20. The van der Waals surface area contributed by atoms with Gasteiger partial charge in [0.1, 0.15) is 84.1 Å². The minimum Gasteiger partial charge on any atom is -0.480 e. The van der Waals surface area contributed by atoms with E-state index in [4.69, 9.17) is 76.9 Å². The van der Waals surface area contributed by atoms with Crippen LogP contribution in [0.2, 0.25) is 20.1 Å². The van der Waals surface area contributed by atoms with Crippen molar-refractivity contribution >= 4 is 141 Å². The van der Waals surface area contributed by atoms with E-state index >= 15 is 0 Å². The molecule has 0 aliphatic carbocycles. The predicted octanol–water partition coefficient (Wildman–Crippen LogP) is 11.8. The van der Waals surface area contributed by atoms with Gasteiger partial charge in [0.15, 0.2) is 5.78 Å². The summed E-state index contributed by atoms with van der Waals surface area (Å²) in [4.78, 5) is 104. The van der Waals surface area contributed by atoms with Crippen molar-refractivity contribution in [2.24, 2.45) is 5.73 Å². The van der Waals surface area contributed by atoms with Gasteiger partial charge < -0.3 is 82.3 Å². The van der Waals surface area contributed by atoms with E-state index in [1.54, 1.807) is 76.8 Å². The number of nitrogens with one attached hydrogen (secondary N) is 6. The molecule has 14 N–H and O–H groups in total. The number of hydrogen-bond donors (Lipinski definition) is 13. The Labute approximate surface area is 717 Å². The summed E-state index contributed by atoms with van der Waals surface area (Å²) in [6.07, 6.45) is -0.348. The topological polar surface area (TPSA) is 412 Å². The van der Waals surface area contributed by atoms with E-state index in [2.05, 4.69) is 41.9 Å². The molecule has 7 aromatic rings. The van der Waals surface area contributed by atoms with Crippen LogP contribution >= 0.6 is 71.2 Å².